The van der Waals surface area contributed by atoms with Crippen LogP contribution >= 0.6 is 23.4 Å². The summed E-state index contributed by atoms with van der Waals surface area (Å²) in [6.45, 7) is 2.75. The van der Waals surface area contributed by atoms with Gasteiger partial charge in [-0.1, -0.05) is 36.2 Å². The van der Waals surface area contributed by atoms with Gasteiger partial charge >= 0.3 is 0 Å². The van der Waals surface area contributed by atoms with Gasteiger partial charge in [0.15, 0.2) is 11.0 Å². The third-order valence-corrected chi connectivity index (χ3v) is 6.29. The minimum atomic E-state index is -0.0755. The lowest BCUT2D eigenvalue weighted by atomic mass is 10.2. The topological polar surface area (TPSA) is 77.6 Å². The van der Waals surface area contributed by atoms with Crippen molar-refractivity contribution in [1.82, 2.24) is 24.5 Å². The molecule has 1 amide bonds. The Morgan fingerprint density at radius 3 is 2.69 bits per heavy atom. The van der Waals surface area contributed by atoms with Crippen LogP contribution in [0.2, 0.25) is 5.02 Å². The Morgan fingerprint density at radius 2 is 1.97 bits per heavy atom. The van der Waals surface area contributed by atoms with Gasteiger partial charge < -0.3 is 9.88 Å². The van der Waals surface area contributed by atoms with Crippen LogP contribution in [-0.2, 0) is 11.3 Å². The van der Waals surface area contributed by atoms with Crippen LogP contribution in [0.15, 0.2) is 41.7 Å². The first-order valence-electron chi connectivity index (χ1n) is 9.81. The molecular weight excluding hydrogens is 408 g/mol. The van der Waals surface area contributed by atoms with Gasteiger partial charge in [-0.05, 0) is 44.0 Å². The number of halogens is 1. The number of nitrogens with one attached hydrogen (secondary N) is 1. The summed E-state index contributed by atoms with van der Waals surface area (Å²) >= 11 is 7.36. The minimum Gasteiger partial charge on any atom is -0.310 e. The molecule has 0 aliphatic heterocycles. The zero-order chi connectivity index (χ0) is 20.2. The maximum Gasteiger partial charge on any atom is 0.235 e. The van der Waals surface area contributed by atoms with Gasteiger partial charge in [-0.3, -0.25) is 4.79 Å². The average molecular weight is 431 g/mol. The van der Waals surface area contributed by atoms with E-state index in [9.17, 15) is 4.79 Å². The van der Waals surface area contributed by atoms with E-state index in [1.165, 1.54) is 24.6 Å². The Morgan fingerprint density at radius 1 is 1.21 bits per heavy atom. The highest BCUT2D eigenvalue weighted by atomic mass is 35.5. The van der Waals surface area contributed by atoms with Gasteiger partial charge in [0.1, 0.15) is 5.82 Å². The van der Waals surface area contributed by atoms with E-state index in [-0.39, 0.29) is 11.7 Å². The van der Waals surface area contributed by atoms with Crippen LogP contribution in [0.25, 0.3) is 11.4 Å². The fraction of sp³-hybridized carbons (Fsp3) is 0.400. The lowest BCUT2D eigenvalue weighted by molar-refractivity contribution is -0.113. The average Bonchev–Trinajstić information content (AvgIpc) is 3.47. The van der Waals surface area contributed by atoms with E-state index in [4.69, 9.17) is 11.6 Å². The second-order valence-corrected chi connectivity index (χ2v) is 8.37. The van der Waals surface area contributed by atoms with Gasteiger partial charge in [-0.15, -0.1) is 10.2 Å². The van der Waals surface area contributed by atoms with Crippen molar-refractivity contribution in [3.05, 3.63) is 41.6 Å². The normalized spacial score (nSPS) is 14.4. The minimum absolute atomic E-state index is 0.0755. The monoisotopic (exact) mass is 430 g/mol. The molecule has 1 saturated carbocycles. The predicted molar refractivity (Wildman–Crippen MR) is 115 cm³/mol. The molecule has 2 aromatic heterocycles. The van der Waals surface area contributed by atoms with Crippen LogP contribution in [-0.4, -0.2) is 36.2 Å². The second kappa shape index (κ2) is 9.00. The largest absolute Gasteiger partial charge is 0.310 e. The molecule has 2 heterocycles. The molecule has 9 heteroatoms. The summed E-state index contributed by atoms with van der Waals surface area (Å²) in [4.78, 5) is 12.5. The molecule has 0 radical (unpaired) electrons. The van der Waals surface area contributed by atoms with Gasteiger partial charge in [-0.2, -0.15) is 5.10 Å². The molecule has 0 saturated heterocycles. The lowest BCUT2D eigenvalue weighted by Crippen LogP contribution is -2.19. The number of hydrogen-bond donors (Lipinski definition) is 1. The molecule has 0 bridgehead atoms. The van der Waals surface area contributed by atoms with Gasteiger partial charge in [0.05, 0.1) is 18.0 Å². The number of nitrogens with zero attached hydrogens (tertiary/aromatic N) is 5. The molecule has 0 unspecified atom stereocenters. The van der Waals surface area contributed by atoms with Crippen molar-refractivity contribution in [2.75, 3.05) is 11.1 Å². The van der Waals surface area contributed by atoms with Crippen LogP contribution in [0.5, 0.6) is 0 Å². The summed E-state index contributed by atoms with van der Waals surface area (Å²) in [6, 6.07) is 9.75. The summed E-state index contributed by atoms with van der Waals surface area (Å²) in [7, 11) is 0. The van der Waals surface area contributed by atoms with E-state index in [0.29, 0.717) is 17.6 Å². The summed E-state index contributed by atoms with van der Waals surface area (Å²) in [5.74, 6) is 1.72. The van der Waals surface area contributed by atoms with Crippen molar-refractivity contribution < 1.29 is 4.79 Å². The molecule has 1 N–H and O–H groups in total. The van der Waals surface area contributed by atoms with E-state index in [1.54, 1.807) is 6.20 Å². The van der Waals surface area contributed by atoms with E-state index < -0.39 is 0 Å². The van der Waals surface area contributed by atoms with Gasteiger partial charge in [-0.25, -0.2) is 4.68 Å². The third-order valence-electron chi connectivity index (χ3n) is 5.08. The fourth-order valence-electron chi connectivity index (χ4n) is 3.66. The van der Waals surface area contributed by atoms with E-state index >= 15 is 0 Å². The van der Waals surface area contributed by atoms with Gasteiger partial charge in [0.2, 0.25) is 5.91 Å². The molecule has 0 spiro atoms. The number of carbonyl (C=O) groups is 1. The van der Waals surface area contributed by atoms with Crippen LogP contribution < -0.4 is 5.32 Å². The first kappa shape index (κ1) is 20.0. The number of aromatic nitrogens is 5. The van der Waals surface area contributed by atoms with Crippen molar-refractivity contribution in [3.63, 3.8) is 0 Å². The first-order valence-corrected chi connectivity index (χ1v) is 11.2. The summed E-state index contributed by atoms with van der Waals surface area (Å²) in [5.41, 5.74) is 0.945. The Balaban J connectivity index is 1.41. The molecule has 1 aliphatic rings. The Hall–Kier alpha value is -2.32. The van der Waals surface area contributed by atoms with E-state index in [2.05, 4.69) is 20.6 Å². The number of amides is 1. The SMILES string of the molecule is CCn1c(SCC(=O)Nc2ccnn2C2CCCC2)nnc1-c1ccc(Cl)cc1. The number of carbonyl (C=O) groups excluding carboxylic acids is 1. The maximum atomic E-state index is 12.5. The summed E-state index contributed by atoms with van der Waals surface area (Å²) < 4.78 is 3.95. The number of anilines is 1. The lowest BCUT2D eigenvalue weighted by Gasteiger charge is -2.14. The molecule has 4 rings (SSSR count). The van der Waals surface area contributed by atoms with Crippen LogP contribution in [0, 0.1) is 0 Å². The van der Waals surface area contributed by atoms with Crippen LogP contribution in [0.3, 0.4) is 0 Å². The Bertz CT molecular complexity index is 977. The molecule has 152 valence electrons. The predicted octanol–water partition coefficient (Wildman–Crippen LogP) is 4.66. The highest BCUT2D eigenvalue weighted by Gasteiger charge is 2.21. The van der Waals surface area contributed by atoms with Crippen molar-refractivity contribution in [1.29, 1.82) is 0 Å². The summed E-state index contributed by atoms with van der Waals surface area (Å²) in [6.07, 6.45) is 6.42. The van der Waals surface area contributed by atoms with Crippen LogP contribution in [0.4, 0.5) is 5.82 Å². The molecule has 1 aromatic carbocycles. The first-order chi connectivity index (χ1) is 14.2. The molecule has 7 nitrogen and oxygen atoms in total. The number of benzene rings is 1. The van der Waals surface area contributed by atoms with Crippen molar-refractivity contribution in [2.45, 2.75) is 50.4 Å². The number of hydrogen-bond acceptors (Lipinski definition) is 5. The maximum absolute atomic E-state index is 12.5. The molecular formula is C20H23ClN6OS. The van der Waals surface area contributed by atoms with Crippen molar-refractivity contribution >= 4 is 35.1 Å². The fourth-order valence-corrected chi connectivity index (χ4v) is 4.58. The van der Waals surface area contributed by atoms with Crippen LogP contribution in [0.1, 0.15) is 38.6 Å². The Kier molecular flexibility index (Phi) is 6.20. The smallest absolute Gasteiger partial charge is 0.235 e. The van der Waals surface area contributed by atoms with Crippen molar-refractivity contribution in [2.24, 2.45) is 0 Å². The quantitative estimate of drug-likeness (QED) is 0.551. The zero-order valence-corrected chi connectivity index (χ0v) is 17.8. The van der Waals surface area contributed by atoms with Crippen molar-refractivity contribution in [3.8, 4) is 11.4 Å². The molecule has 1 aliphatic carbocycles. The van der Waals surface area contributed by atoms with E-state index in [0.717, 1.165) is 35.2 Å². The highest BCUT2D eigenvalue weighted by molar-refractivity contribution is 7.99. The molecule has 1 fully saturated rings. The second-order valence-electron chi connectivity index (χ2n) is 6.99. The van der Waals surface area contributed by atoms with E-state index in [1.807, 2.05) is 46.5 Å². The summed E-state index contributed by atoms with van der Waals surface area (Å²) in [5, 5.41) is 17.4. The standard InChI is InChI=1S/C20H23ClN6OS/c1-2-26-19(14-7-9-15(21)10-8-14)24-25-20(26)29-13-18(28)23-17-11-12-22-27(17)16-5-3-4-6-16/h7-12,16H,2-6,13H2,1H3,(H,23,28). The molecule has 0 atom stereocenters. The highest BCUT2D eigenvalue weighted by Crippen LogP contribution is 2.31. The molecule has 3 aromatic rings. The van der Waals surface area contributed by atoms with Gasteiger partial charge in [0, 0.05) is 23.2 Å². The third kappa shape index (κ3) is 4.48. The van der Waals surface area contributed by atoms with Gasteiger partial charge in [0.25, 0.3) is 0 Å². The number of rotatable bonds is 7. The molecule has 29 heavy (non-hydrogen) atoms. The Labute approximate surface area is 178 Å². The number of thioether (sulfide) groups is 1. The zero-order valence-electron chi connectivity index (χ0n) is 16.2.